The standard InChI is InChI=1S/C19H28N2OS.C2H6/c1-14-7-9-15(10-8-14)23-20-17(22)16-13-21(18(2,3)4)12-11-19(16,5)6;1-2/h7-10,13H,11-12H2,1-6H3,(H,20,22);1-2H3. The number of aryl methyl sites for hydroxylation is 1. The first kappa shape index (κ1) is 21.6. The summed E-state index contributed by atoms with van der Waals surface area (Å²) in [6.45, 7) is 17.9. The molecule has 0 bridgehead atoms. The summed E-state index contributed by atoms with van der Waals surface area (Å²) in [7, 11) is 0. The molecule has 1 aromatic rings. The topological polar surface area (TPSA) is 32.3 Å². The van der Waals surface area contributed by atoms with Gasteiger partial charge in [0, 0.05) is 28.8 Å². The highest BCUT2D eigenvalue weighted by atomic mass is 32.2. The molecule has 0 spiro atoms. The number of nitrogens with one attached hydrogen (secondary N) is 1. The molecule has 0 saturated heterocycles. The van der Waals surface area contributed by atoms with Crippen LogP contribution in [0.25, 0.3) is 0 Å². The summed E-state index contributed by atoms with van der Waals surface area (Å²) in [5.74, 6) is 0.00882. The van der Waals surface area contributed by atoms with Gasteiger partial charge in [0.15, 0.2) is 0 Å². The molecule has 1 N–H and O–H groups in total. The molecule has 25 heavy (non-hydrogen) atoms. The lowest BCUT2D eigenvalue weighted by Gasteiger charge is -2.43. The SMILES string of the molecule is CC.Cc1ccc(SNC(=O)C2=CN(C(C)(C)C)CCC2(C)C)cc1. The Morgan fingerprint density at radius 2 is 1.72 bits per heavy atom. The average Bonchev–Trinajstić information content (AvgIpc) is 2.54. The molecule has 1 amide bonds. The second-order valence-corrected chi connectivity index (χ2v) is 8.77. The van der Waals surface area contributed by atoms with Gasteiger partial charge in [-0.2, -0.15) is 0 Å². The van der Waals surface area contributed by atoms with Crippen LogP contribution < -0.4 is 4.72 Å². The lowest BCUT2D eigenvalue weighted by atomic mass is 9.78. The molecule has 1 aliphatic heterocycles. The molecule has 4 heteroatoms. The number of benzene rings is 1. The van der Waals surface area contributed by atoms with Crippen LogP contribution in [0.15, 0.2) is 40.9 Å². The molecule has 0 radical (unpaired) electrons. The van der Waals surface area contributed by atoms with E-state index in [1.165, 1.54) is 17.5 Å². The molecule has 3 nitrogen and oxygen atoms in total. The monoisotopic (exact) mass is 362 g/mol. The van der Waals surface area contributed by atoms with E-state index in [0.29, 0.717) is 0 Å². The highest BCUT2D eigenvalue weighted by Crippen LogP contribution is 2.37. The fourth-order valence-corrected chi connectivity index (χ4v) is 3.18. The maximum atomic E-state index is 12.7. The molecule has 2 rings (SSSR count). The lowest BCUT2D eigenvalue weighted by Crippen LogP contribution is -2.45. The van der Waals surface area contributed by atoms with Gasteiger partial charge in [-0.3, -0.25) is 9.52 Å². The smallest absolute Gasteiger partial charge is 0.259 e. The second-order valence-electron chi connectivity index (χ2n) is 7.89. The van der Waals surface area contributed by atoms with E-state index in [-0.39, 0.29) is 16.9 Å². The van der Waals surface area contributed by atoms with Crippen LogP contribution in [-0.4, -0.2) is 22.9 Å². The van der Waals surface area contributed by atoms with E-state index in [1.807, 2.05) is 26.0 Å². The molecule has 1 aliphatic rings. The summed E-state index contributed by atoms with van der Waals surface area (Å²) < 4.78 is 3.00. The minimum Gasteiger partial charge on any atom is -0.372 e. The minimum absolute atomic E-state index is 0.00882. The van der Waals surface area contributed by atoms with Crippen molar-refractivity contribution in [1.29, 1.82) is 0 Å². The highest BCUT2D eigenvalue weighted by Gasteiger charge is 2.35. The van der Waals surface area contributed by atoms with Crippen LogP contribution in [0.4, 0.5) is 0 Å². The Morgan fingerprint density at radius 1 is 1.16 bits per heavy atom. The van der Waals surface area contributed by atoms with Gasteiger partial charge in [0.25, 0.3) is 5.91 Å². The van der Waals surface area contributed by atoms with Crippen LogP contribution in [0.3, 0.4) is 0 Å². The summed E-state index contributed by atoms with van der Waals surface area (Å²) in [5, 5.41) is 0. The van der Waals surface area contributed by atoms with E-state index in [2.05, 4.69) is 69.5 Å². The van der Waals surface area contributed by atoms with Gasteiger partial charge >= 0.3 is 0 Å². The third-order valence-corrected chi connectivity index (χ3v) is 5.18. The molecule has 0 aromatic heterocycles. The van der Waals surface area contributed by atoms with Crippen molar-refractivity contribution in [3.63, 3.8) is 0 Å². The molecular formula is C21H34N2OS. The van der Waals surface area contributed by atoms with Crippen molar-refractivity contribution in [1.82, 2.24) is 9.62 Å². The third kappa shape index (κ3) is 6.10. The Labute approximate surface area is 158 Å². The van der Waals surface area contributed by atoms with Crippen LogP contribution in [-0.2, 0) is 4.79 Å². The Kier molecular flexibility index (Phi) is 7.61. The fraction of sp³-hybridized carbons (Fsp3) is 0.571. The zero-order valence-corrected chi connectivity index (χ0v) is 17.9. The molecule has 1 heterocycles. The quantitative estimate of drug-likeness (QED) is 0.715. The van der Waals surface area contributed by atoms with Gasteiger partial charge < -0.3 is 4.90 Å². The van der Waals surface area contributed by atoms with Crippen molar-refractivity contribution in [2.75, 3.05) is 6.54 Å². The summed E-state index contributed by atoms with van der Waals surface area (Å²) in [6, 6.07) is 8.17. The maximum absolute atomic E-state index is 12.7. The number of amides is 1. The van der Waals surface area contributed by atoms with Crippen molar-refractivity contribution in [2.45, 2.75) is 72.2 Å². The number of carbonyl (C=O) groups excluding carboxylic acids is 1. The summed E-state index contributed by atoms with van der Waals surface area (Å²) in [6.07, 6.45) is 3.03. The van der Waals surface area contributed by atoms with Gasteiger partial charge in [-0.05, 0) is 63.6 Å². The van der Waals surface area contributed by atoms with Gasteiger partial charge in [-0.25, -0.2) is 0 Å². The van der Waals surface area contributed by atoms with E-state index in [4.69, 9.17) is 0 Å². The van der Waals surface area contributed by atoms with Crippen molar-refractivity contribution in [3.8, 4) is 0 Å². The lowest BCUT2D eigenvalue weighted by molar-refractivity contribution is -0.117. The average molecular weight is 363 g/mol. The normalized spacial score (nSPS) is 16.5. The van der Waals surface area contributed by atoms with E-state index in [9.17, 15) is 4.79 Å². The maximum Gasteiger partial charge on any atom is 0.259 e. The zero-order valence-electron chi connectivity index (χ0n) is 17.1. The van der Waals surface area contributed by atoms with Crippen LogP contribution in [0.1, 0.15) is 60.5 Å². The van der Waals surface area contributed by atoms with Crippen LogP contribution in [0, 0.1) is 12.3 Å². The highest BCUT2D eigenvalue weighted by molar-refractivity contribution is 7.98. The first-order valence-corrected chi connectivity index (χ1v) is 9.94. The summed E-state index contributed by atoms with van der Waals surface area (Å²) in [5.41, 5.74) is 2.02. The van der Waals surface area contributed by atoms with Gasteiger partial charge in [0.2, 0.25) is 0 Å². The summed E-state index contributed by atoms with van der Waals surface area (Å²) in [4.78, 5) is 16.0. The predicted octanol–water partition coefficient (Wildman–Crippen LogP) is 5.56. The number of nitrogens with zero attached hydrogens (tertiary/aromatic N) is 1. The van der Waals surface area contributed by atoms with Crippen LogP contribution in [0.5, 0.6) is 0 Å². The Hall–Kier alpha value is -1.42. The molecule has 140 valence electrons. The van der Waals surface area contributed by atoms with Gasteiger partial charge in [0.05, 0.1) is 0 Å². The van der Waals surface area contributed by atoms with Crippen LogP contribution in [0.2, 0.25) is 0 Å². The number of hydrogen-bond acceptors (Lipinski definition) is 3. The largest absolute Gasteiger partial charge is 0.372 e. The molecule has 0 saturated carbocycles. The molecule has 0 fully saturated rings. The number of hydrogen-bond donors (Lipinski definition) is 1. The van der Waals surface area contributed by atoms with Crippen molar-refractivity contribution < 1.29 is 4.79 Å². The van der Waals surface area contributed by atoms with Crippen molar-refractivity contribution >= 4 is 17.9 Å². The number of carbonyl (C=O) groups is 1. The zero-order chi connectivity index (χ0) is 19.3. The number of rotatable bonds is 3. The second kappa shape index (κ2) is 8.79. The van der Waals surface area contributed by atoms with Gasteiger partial charge in [-0.15, -0.1) is 0 Å². The molecule has 1 aromatic carbocycles. The predicted molar refractivity (Wildman–Crippen MR) is 109 cm³/mol. The third-order valence-electron chi connectivity index (χ3n) is 4.38. The van der Waals surface area contributed by atoms with Gasteiger partial charge in [0.1, 0.15) is 0 Å². The van der Waals surface area contributed by atoms with E-state index in [0.717, 1.165) is 23.4 Å². The fourth-order valence-electron chi connectivity index (χ4n) is 2.59. The van der Waals surface area contributed by atoms with Gasteiger partial charge in [-0.1, -0.05) is 45.4 Å². The Balaban J connectivity index is 0.00000151. The van der Waals surface area contributed by atoms with E-state index in [1.54, 1.807) is 0 Å². The first-order valence-electron chi connectivity index (χ1n) is 9.12. The van der Waals surface area contributed by atoms with E-state index < -0.39 is 0 Å². The molecule has 0 atom stereocenters. The molecule has 0 aliphatic carbocycles. The molecular weight excluding hydrogens is 328 g/mol. The molecule has 0 unspecified atom stereocenters. The first-order chi connectivity index (χ1) is 11.6. The van der Waals surface area contributed by atoms with Crippen molar-refractivity contribution in [3.05, 3.63) is 41.6 Å². The summed E-state index contributed by atoms with van der Waals surface area (Å²) >= 11 is 1.38. The minimum atomic E-state index is -0.0976. The Morgan fingerprint density at radius 3 is 2.24 bits per heavy atom. The van der Waals surface area contributed by atoms with Crippen molar-refractivity contribution in [2.24, 2.45) is 5.41 Å². The Bertz CT molecular complexity index is 597. The van der Waals surface area contributed by atoms with Crippen LogP contribution >= 0.6 is 11.9 Å². The van der Waals surface area contributed by atoms with E-state index >= 15 is 0 Å².